The van der Waals surface area contributed by atoms with Gasteiger partial charge in [-0.3, -0.25) is 4.79 Å². The predicted molar refractivity (Wildman–Crippen MR) is 85.9 cm³/mol. The Balaban J connectivity index is 1.88. The Morgan fingerprint density at radius 2 is 1.96 bits per heavy atom. The van der Waals surface area contributed by atoms with Gasteiger partial charge in [-0.2, -0.15) is 0 Å². The van der Waals surface area contributed by atoms with E-state index in [0.29, 0.717) is 31.0 Å². The number of rotatable bonds is 4. The Bertz CT molecular complexity index is 718. The fourth-order valence-corrected chi connectivity index (χ4v) is 3.21. The zero-order valence-electron chi connectivity index (χ0n) is 13.6. The summed E-state index contributed by atoms with van der Waals surface area (Å²) in [5.41, 5.74) is 2.84. The molecule has 23 heavy (non-hydrogen) atoms. The number of benzene rings is 1. The maximum absolute atomic E-state index is 14.1. The van der Waals surface area contributed by atoms with Crippen molar-refractivity contribution in [3.8, 4) is 5.69 Å². The minimum absolute atomic E-state index is 0.109. The molecule has 1 aliphatic rings. The van der Waals surface area contributed by atoms with Gasteiger partial charge in [0.05, 0.1) is 18.9 Å². The molecule has 1 aliphatic heterocycles. The molecule has 0 spiro atoms. The van der Waals surface area contributed by atoms with Crippen molar-refractivity contribution >= 4 is 5.78 Å². The molecule has 1 aromatic carbocycles. The number of Topliss-reactive ketones (excluding diaryl/α,β-unsaturated/α-hetero) is 1. The van der Waals surface area contributed by atoms with Gasteiger partial charge in [0.25, 0.3) is 0 Å². The lowest BCUT2D eigenvalue weighted by molar-refractivity contribution is -0.899. The summed E-state index contributed by atoms with van der Waals surface area (Å²) < 4.78 is 21.2. The number of ether oxygens (including phenoxy) is 1. The van der Waals surface area contributed by atoms with Crippen molar-refractivity contribution in [1.29, 1.82) is 0 Å². The molecule has 0 amide bonds. The summed E-state index contributed by atoms with van der Waals surface area (Å²) in [6, 6.07) is 8.51. The van der Waals surface area contributed by atoms with Crippen LogP contribution in [0.4, 0.5) is 4.39 Å². The normalized spacial score (nSPS) is 15.8. The Labute approximate surface area is 135 Å². The number of nitrogens with zero attached hydrogens (tertiary/aromatic N) is 1. The number of hydrogen-bond acceptors (Lipinski definition) is 2. The molecule has 0 atom stereocenters. The number of halogens is 1. The zero-order valence-corrected chi connectivity index (χ0v) is 13.6. The number of aryl methyl sites for hydroxylation is 1. The highest BCUT2D eigenvalue weighted by Crippen LogP contribution is 2.22. The van der Waals surface area contributed by atoms with E-state index in [1.54, 1.807) is 18.2 Å². The molecule has 0 radical (unpaired) electrons. The van der Waals surface area contributed by atoms with E-state index in [2.05, 4.69) is 0 Å². The second-order valence-electron chi connectivity index (χ2n) is 6.03. The summed E-state index contributed by atoms with van der Waals surface area (Å²) in [6.07, 6.45) is 0. The number of ketones is 1. The van der Waals surface area contributed by atoms with Gasteiger partial charge in [0.2, 0.25) is 5.78 Å². The van der Waals surface area contributed by atoms with E-state index < -0.39 is 0 Å². The number of hydrogen-bond donors (Lipinski definition) is 1. The molecule has 0 bridgehead atoms. The third-order valence-electron chi connectivity index (χ3n) is 4.44. The maximum Gasteiger partial charge on any atom is 0.218 e. The predicted octanol–water partition coefficient (Wildman–Crippen LogP) is 1.33. The number of para-hydroxylation sites is 1. The summed E-state index contributed by atoms with van der Waals surface area (Å²) in [5.74, 6) is -0.176. The molecule has 3 rings (SSSR count). The van der Waals surface area contributed by atoms with Gasteiger partial charge in [0.1, 0.15) is 25.5 Å². The van der Waals surface area contributed by atoms with Gasteiger partial charge >= 0.3 is 0 Å². The van der Waals surface area contributed by atoms with E-state index in [-0.39, 0.29) is 11.6 Å². The lowest BCUT2D eigenvalue weighted by Crippen LogP contribution is -3.14. The highest BCUT2D eigenvalue weighted by Gasteiger charge is 2.23. The molecule has 4 nitrogen and oxygen atoms in total. The number of carbonyl (C=O) groups is 1. The molecule has 0 unspecified atom stereocenters. The molecule has 122 valence electrons. The molecule has 1 fully saturated rings. The maximum atomic E-state index is 14.1. The van der Waals surface area contributed by atoms with Gasteiger partial charge < -0.3 is 14.2 Å². The minimum atomic E-state index is -0.285. The fourth-order valence-electron chi connectivity index (χ4n) is 3.21. The highest BCUT2D eigenvalue weighted by atomic mass is 19.1. The first-order chi connectivity index (χ1) is 11.1. The zero-order chi connectivity index (χ0) is 16.4. The number of carbonyl (C=O) groups excluding carboxylic acids is 1. The van der Waals surface area contributed by atoms with Gasteiger partial charge in [-0.25, -0.2) is 4.39 Å². The standard InChI is InChI=1S/C18H21FN2O2/c1-13-11-15(18(22)12-20-7-9-23-10-8-20)14(2)21(13)17-6-4-3-5-16(17)19/h3-6,11H,7-10,12H2,1-2H3/p+1. The smallest absolute Gasteiger partial charge is 0.218 e. The number of quaternary nitrogens is 1. The Kier molecular flexibility index (Phi) is 4.59. The summed E-state index contributed by atoms with van der Waals surface area (Å²) in [4.78, 5) is 13.9. The lowest BCUT2D eigenvalue weighted by Gasteiger charge is -2.23. The molecule has 1 saturated heterocycles. The van der Waals surface area contributed by atoms with E-state index in [1.807, 2.05) is 24.5 Å². The van der Waals surface area contributed by atoms with Crippen LogP contribution >= 0.6 is 0 Å². The fraction of sp³-hybridized carbons (Fsp3) is 0.389. The largest absolute Gasteiger partial charge is 0.370 e. The van der Waals surface area contributed by atoms with Gasteiger partial charge in [-0.05, 0) is 32.0 Å². The number of morpholine rings is 1. The van der Waals surface area contributed by atoms with Crippen LogP contribution in [0.5, 0.6) is 0 Å². The van der Waals surface area contributed by atoms with Crippen LogP contribution in [0.25, 0.3) is 5.69 Å². The highest BCUT2D eigenvalue weighted by molar-refractivity contribution is 5.98. The van der Waals surface area contributed by atoms with Crippen molar-refractivity contribution in [3.63, 3.8) is 0 Å². The first-order valence-electron chi connectivity index (χ1n) is 7.96. The third-order valence-corrected chi connectivity index (χ3v) is 4.44. The summed E-state index contributed by atoms with van der Waals surface area (Å²) in [5, 5.41) is 0. The number of nitrogens with one attached hydrogen (secondary N) is 1. The molecule has 0 saturated carbocycles. The van der Waals surface area contributed by atoms with Crippen molar-refractivity contribution in [2.24, 2.45) is 0 Å². The van der Waals surface area contributed by atoms with Gasteiger partial charge in [-0.1, -0.05) is 12.1 Å². The van der Waals surface area contributed by atoms with Crippen molar-refractivity contribution in [1.82, 2.24) is 4.57 Å². The monoisotopic (exact) mass is 317 g/mol. The van der Waals surface area contributed by atoms with Crippen LogP contribution in [0.15, 0.2) is 30.3 Å². The van der Waals surface area contributed by atoms with E-state index in [4.69, 9.17) is 4.74 Å². The molecule has 2 heterocycles. The van der Waals surface area contributed by atoms with E-state index in [1.165, 1.54) is 11.0 Å². The van der Waals surface area contributed by atoms with Crippen molar-refractivity contribution in [3.05, 3.63) is 53.1 Å². The molecule has 2 aromatic rings. The van der Waals surface area contributed by atoms with Gasteiger partial charge in [-0.15, -0.1) is 0 Å². The van der Waals surface area contributed by atoms with E-state index in [9.17, 15) is 9.18 Å². The van der Waals surface area contributed by atoms with Crippen LogP contribution in [-0.2, 0) is 4.74 Å². The Morgan fingerprint density at radius 1 is 1.26 bits per heavy atom. The summed E-state index contributed by atoms with van der Waals surface area (Å²) >= 11 is 0. The lowest BCUT2D eigenvalue weighted by atomic mass is 10.1. The summed E-state index contributed by atoms with van der Waals surface area (Å²) in [6.45, 7) is 7.37. The van der Waals surface area contributed by atoms with Crippen LogP contribution in [0.1, 0.15) is 21.7 Å². The topological polar surface area (TPSA) is 35.7 Å². The third kappa shape index (κ3) is 3.21. The molecular weight excluding hydrogens is 295 g/mol. The van der Waals surface area contributed by atoms with Gasteiger partial charge in [0, 0.05) is 17.0 Å². The quantitative estimate of drug-likeness (QED) is 0.864. The molecule has 1 N–H and O–H groups in total. The molecule has 5 heteroatoms. The van der Waals surface area contributed by atoms with Crippen molar-refractivity contribution in [2.45, 2.75) is 13.8 Å². The van der Waals surface area contributed by atoms with Gasteiger partial charge in [0.15, 0.2) is 0 Å². The van der Waals surface area contributed by atoms with Crippen molar-refractivity contribution in [2.75, 3.05) is 32.8 Å². The minimum Gasteiger partial charge on any atom is -0.370 e. The molecular formula is C18H22FN2O2+. The van der Waals surface area contributed by atoms with Crippen LogP contribution < -0.4 is 4.90 Å². The second-order valence-corrected chi connectivity index (χ2v) is 6.03. The second kappa shape index (κ2) is 6.64. The average Bonchev–Trinajstić information content (AvgIpc) is 2.84. The van der Waals surface area contributed by atoms with Crippen LogP contribution in [-0.4, -0.2) is 43.2 Å². The van der Waals surface area contributed by atoms with E-state index in [0.717, 1.165) is 24.5 Å². The molecule has 0 aliphatic carbocycles. The SMILES string of the molecule is Cc1cc(C(=O)C[NH+]2CCOCC2)c(C)n1-c1ccccc1F. The number of aromatic nitrogens is 1. The first kappa shape index (κ1) is 15.9. The first-order valence-corrected chi connectivity index (χ1v) is 7.96. The Hall–Kier alpha value is -1.98. The van der Waals surface area contributed by atoms with Crippen molar-refractivity contribution < 1.29 is 18.8 Å². The summed E-state index contributed by atoms with van der Waals surface area (Å²) in [7, 11) is 0. The van der Waals surface area contributed by atoms with E-state index >= 15 is 0 Å². The average molecular weight is 317 g/mol. The Morgan fingerprint density at radius 3 is 2.65 bits per heavy atom. The molecule has 1 aromatic heterocycles. The van der Waals surface area contributed by atoms with Crippen LogP contribution in [0.3, 0.4) is 0 Å². The van der Waals surface area contributed by atoms with Crippen LogP contribution in [0.2, 0.25) is 0 Å². The van der Waals surface area contributed by atoms with Crippen LogP contribution in [0, 0.1) is 19.7 Å².